The molecule has 0 aliphatic heterocycles. The largest absolute Gasteiger partial charge is 0.494 e. The first-order chi connectivity index (χ1) is 10.7. The molecule has 0 fully saturated rings. The van der Waals surface area contributed by atoms with Crippen molar-refractivity contribution in [3.63, 3.8) is 0 Å². The van der Waals surface area contributed by atoms with Gasteiger partial charge in [0.25, 0.3) is 0 Å². The monoisotopic (exact) mass is 300 g/mol. The van der Waals surface area contributed by atoms with Crippen LogP contribution in [0.4, 0.5) is 11.4 Å². The molecule has 0 aromatic heterocycles. The van der Waals surface area contributed by atoms with Crippen LogP contribution in [0.2, 0.25) is 0 Å². The van der Waals surface area contributed by atoms with Crippen molar-refractivity contribution in [2.75, 3.05) is 24.7 Å². The molecule has 0 heterocycles. The Balaban J connectivity index is 1.58. The summed E-state index contributed by atoms with van der Waals surface area (Å²) in [6.07, 6.45) is 3.02. The van der Waals surface area contributed by atoms with Crippen molar-refractivity contribution in [1.82, 2.24) is 0 Å². The molecule has 0 aliphatic carbocycles. The van der Waals surface area contributed by atoms with Crippen molar-refractivity contribution in [2.24, 2.45) is 0 Å². The van der Waals surface area contributed by atoms with Crippen molar-refractivity contribution in [2.45, 2.75) is 26.2 Å². The van der Waals surface area contributed by atoms with E-state index in [1.807, 2.05) is 49.4 Å². The normalized spacial score (nSPS) is 10.4. The summed E-state index contributed by atoms with van der Waals surface area (Å²) < 4.78 is 11.3. The van der Waals surface area contributed by atoms with Gasteiger partial charge in [0.2, 0.25) is 0 Å². The number of ether oxygens (including phenoxy) is 2. The van der Waals surface area contributed by atoms with E-state index in [2.05, 4.69) is 0 Å². The summed E-state index contributed by atoms with van der Waals surface area (Å²) in [5.74, 6) is 1.59. The molecular weight excluding hydrogens is 276 g/mol. The number of nitrogens with two attached hydrogens (primary N) is 2. The maximum absolute atomic E-state index is 5.85. The van der Waals surface area contributed by atoms with E-state index in [-0.39, 0.29) is 0 Å². The molecule has 0 unspecified atom stereocenters. The number of nitrogen functional groups attached to an aromatic ring is 2. The van der Waals surface area contributed by atoms with E-state index in [4.69, 9.17) is 20.9 Å². The molecule has 0 aliphatic rings. The van der Waals surface area contributed by atoms with E-state index in [0.29, 0.717) is 18.9 Å². The molecule has 4 heteroatoms. The summed E-state index contributed by atoms with van der Waals surface area (Å²) in [6.45, 7) is 3.35. The average Bonchev–Trinajstić information content (AvgIpc) is 2.51. The number of unbranched alkanes of at least 4 members (excludes halogenated alkanes) is 2. The lowest BCUT2D eigenvalue weighted by Gasteiger charge is -2.09. The second-order valence-electron chi connectivity index (χ2n) is 5.31. The number of para-hydroxylation sites is 2. The van der Waals surface area contributed by atoms with Crippen LogP contribution < -0.4 is 20.9 Å². The summed E-state index contributed by atoms with van der Waals surface area (Å²) in [7, 11) is 0. The number of anilines is 2. The Morgan fingerprint density at radius 1 is 0.818 bits per heavy atom. The zero-order chi connectivity index (χ0) is 15.8. The van der Waals surface area contributed by atoms with Crippen molar-refractivity contribution >= 4 is 11.4 Å². The van der Waals surface area contributed by atoms with Gasteiger partial charge in [-0.05, 0) is 49.9 Å². The van der Waals surface area contributed by atoms with Gasteiger partial charge >= 0.3 is 0 Å². The van der Waals surface area contributed by atoms with Gasteiger partial charge in [-0.15, -0.1) is 0 Å². The number of rotatable bonds is 8. The molecule has 0 amide bonds. The first kappa shape index (κ1) is 16.0. The first-order valence-corrected chi connectivity index (χ1v) is 7.63. The smallest absolute Gasteiger partial charge is 0.142 e. The SMILES string of the molecule is Cc1ccc(OCCCCCOc2ccccc2N)cc1N. The molecular formula is C18H24N2O2. The Morgan fingerprint density at radius 2 is 1.55 bits per heavy atom. The molecule has 2 aromatic rings. The van der Waals surface area contributed by atoms with E-state index < -0.39 is 0 Å². The molecule has 0 saturated carbocycles. The van der Waals surface area contributed by atoms with Gasteiger partial charge in [-0.3, -0.25) is 0 Å². The maximum Gasteiger partial charge on any atom is 0.142 e. The minimum absolute atomic E-state index is 0.672. The summed E-state index contributed by atoms with van der Waals surface area (Å²) in [5.41, 5.74) is 14.2. The van der Waals surface area contributed by atoms with Gasteiger partial charge in [-0.2, -0.15) is 0 Å². The Kier molecular flexibility index (Phi) is 5.95. The molecule has 4 nitrogen and oxygen atoms in total. The van der Waals surface area contributed by atoms with Crippen LogP contribution in [0, 0.1) is 6.92 Å². The highest BCUT2D eigenvalue weighted by atomic mass is 16.5. The fourth-order valence-electron chi connectivity index (χ4n) is 2.07. The Bertz CT molecular complexity index is 599. The average molecular weight is 300 g/mol. The third-order valence-electron chi connectivity index (χ3n) is 3.48. The molecule has 0 saturated heterocycles. The van der Waals surface area contributed by atoms with E-state index in [1.165, 1.54) is 0 Å². The van der Waals surface area contributed by atoms with Crippen molar-refractivity contribution in [3.8, 4) is 11.5 Å². The lowest BCUT2D eigenvalue weighted by molar-refractivity contribution is 0.280. The van der Waals surface area contributed by atoms with Gasteiger partial charge < -0.3 is 20.9 Å². The van der Waals surface area contributed by atoms with E-state index in [0.717, 1.165) is 42.0 Å². The van der Waals surface area contributed by atoms with Gasteiger partial charge in [-0.25, -0.2) is 0 Å². The number of benzene rings is 2. The first-order valence-electron chi connectivity index (χ1n) is 7.63. The van der Waals surface area contributed by atoms with Gasteiger partial charge in [-0.1, -0.05) is 18.2 Å². The third-order valence-corrected chi connectivity index (χ3v) is 3.48. The molecule has 2 aromatic carbocycles. The molecule has 4 N–H and O–H groups in total. The van der Waals surface area contributed by atoms with E-state index in [9.17, 15) is 0 Å². The van der Waals surface area contributed by atoms with Gasteiger partial charge in [0.05, 0.1) is 18.9 Å². The van der Waals surface area contributed by atoms with Crippen molar-refractivity contribution in [1.29, 1.82) is 0 Å². The Morgan fingerprint density at radius 3 is 2.27 bits per heavy atom. The third kappa shape index (κ3) is 4.88. The summed E-state index contributed by atoms with van der Waals surface area (Å²) in [6, 6.07) is 13.4. The molecule has 118 valence electrons. The highest BCUT2D eigenvalue weighted by Crippen LogP contribution is 2.20. The standard InChI is InChI=1S/C18H24N2O2/c1-14-9-10-15(13-17(14)20)21-11-5-2-6-12-22-18-8-4-3-7-16(18)19/h3-4,7-10,13H,2,5-6,11-12,19-20H2,1H3. The summed E-state index contributed by atoms with van der Waals surface area (Å²) >= 11 is 0. The van der Waals surface area contributed by atoms with Crippen LogP contribution in [0.5, 0.6) is 11.5 Å². The highest BCUT2D eigenvalue weighted by Gasteiger charge is 1.99. The van der Waals surface area contributed by atoms with E-state index >= 15 is 0 Å². The minimum atomic E-state index is 0.672. The Hall–Kier alpha value is -2.36. The fourth-order valence-corrected chi connectivity index (χ4v) is 2.07. The fraction of sp³-hybridized carbons (Fsp3) is 0.333. The zero-order valence-corrected chi connectivity index (χ0v) is 13.0. The lowest BCUT2D eigenvalue weighted by atomic mass is 10.2. The lowest BCUT2D eigenvalue weighted by Crippen LogP contribution is -2.02. The molecule has 0 radical (unpaired) electrons. The van der Waals surface area contributed by atoms with Gasteiger partial charge in [0, 0.05) is 11.8 Å². The van der Waals surface area contributed by atoms with Crippen LogP contribution in [-0.2, 0) is 0 Å². The van der Waals surface area contributed by atoms with Crippen LogP contribution in [0.25, 0.3) is 0 Å². The molecule has 2 rings (SSSR count). The van der Waals surface area contributed by atoms with Crippen molar-refractivity contribution < 1.29 is 9.47 Å². The topological polar surface area (TPSA) is 70.5 Å². The zero-order valence-electron chi connectivity index (χ0n) is 13.0. The second kappa shape index (κ2) is 8.17. The number of hydrogen-bond acceptors (Lipinski definition) is 4. The predicted octanol–water partition coefficient (Wildman–Crippen LogP) is 3.79. The molecule has 0 atom stereocenters. The summed E-state index contributed by atoms with van der Waals surface area (Å²) in [4.78, 5) is 0. The predicted molar refractivity (Wildman–Crippen MR) is 91.3 cm³/mol. The number of hydrogen-bond donors (Lipinski definition) is 2. The number of aryl methyl sites for hydroxylation is 1. The van der Waals surface area contributed by atoms with E-state index in [1.54, 1.807) is 0 Å². The van der Waals surface area contributed by atoms with Crippen LogP contribution in [0.1, 0.15) is 24.8 Å². The summed E-state index contributed by atoms with van der Waals surface area (Å²) in [5, 5.41) is 0. The highest BCUT2D eigenvalue weighted by molar-refractivity contribution is 5.52. The Labute approximate surface area is 132 Å². The van der Waals surface area contributed by atoms with Crippen LogP contribution >= 0.6 is 0 Å². The van der Waals surface area contributed by atoms with Crippen LogP contribution in [-0.4, -0.2) is 13.2 Å². The molecule has 0 spiro atoms. The van der Waals surface area contributed by atoms with Crippen LogP contribution in [0.15, 0.2) is 42.5 Å². The second-order valence-corrected chi connectivity index (χ2v) is 5.31. The maximum atomic E-state index is 5.85. The molecule has 22 heavy (non-hydrogen) atoms. The quantitative estimate of drug-likeness (QED) is 0.575. The minimum Gasteiger partial charge on any atom is -0.494 e. The van der Waals surface area contributed by atoms with Gasteiger partial charge in [0.1, 0.15) is 11.5 Å². The molecule has 0 bridgehead atoms. The van der Waals surface area contributed by atoms with Crippen molar-refractivity contribution in [3.05, 3.63) is 48.0 Å². The van der Waals surface area contributed by atoms with Gasteiger partial charge in [0.15, 0.2) is 0 Å². The van der Waals surface area contributed by atoms with Crippen LogP contribution in [0.3, 0.4) is 0 Å².